The third kappa shape index (κ3) is 3.60. The lowest BCUT2D eigenvalue weighted by molar-refractivity contribution is -0.384. The van der Waals surface area contributed by atoms with Gasteiger partial charge in [0, 0.05) is 18.3 Å². The summed E-state index contributed by atoms with van der Waals surface area (Å²) >= 11 is 5.86. The zero-order valence-corrected chi connectivity index (χ0v) is 10.9. The Morgan fingerprint density at radius 3 is 2.48 bits per heavy atom. The smallest absolute Gasteiger partial charge is 0.339 e. The van der Waals surface area contributed by atoms with Gasteiger partial charge in [-0.1, -0.05) is 11.6 Å². The van der Waals surface area contributed by atoms with E-state index in [2.05, 4.69) is 10.3 Å². The van der Waals surface area contributed by atoms with Gasteiger partial charge in [0.25, 0.3) is 5.69 Å². The van der Waals surface area contributed by atoms with Crippen molar-refractivity contribution in [1.29, 1.82) is 0 Å². The molecule has 2 rings (SSSR count). The van der Waals surface area contributed by atoms with Crippen LogP contribution < -0.4 is 5.32 Å². The highest BCUT2D eigenvalue weighted by molar-refractivity contribution is 6.33. The lowest BCUT2D eigenvalue weighted by Gasteiger charge is -2.09. The van der Waals surface area contributed by atoms with E-state index >= 15 is 0 Å². The number of nitrogens with zero attached hydrogens (tertiary/aromatic N) is 2. The van der Waals surface area contributed by atoms with Crippen LogP contribution in [0.25, 0.3) is 0 Å². The summed E-state index contributed by atoms with van der Waals surface area (Å²) in [5, 5.41) is 13.5. The Bertz CT molecular complexity index is 674. The van der Waals surface area contributed by atoms with E-state index in [1.165, 1.54) is 18.2 Å². The van der Waals surface area contributed by atoms with Gasteiger partial charge in [-0.05, 0) is 18.2 Å². The largest absolute Gasteiger partial charge is 0.417 e. The molecular formula is C12H7ClF3N3O2. The van der Waals surface area contributed by atoms with E-state index in [4.69, 9.17) is 11.6 Å². The van der Waals surface area contributed by atoms with E-state index in [-0.39, 0.29) is 22.2 Å². The molecular weight excluding hydrogens is 311 g/mol. The Kier molecular flexibility index (Phi) is 3.99. The normalized spacial score (nSPS) is 11.2. The SMILES string of the molecule is O=[N+]([O-])c1ccc(Cl)c(Nc2ccc(C(F)(F)F)cn2)c1. The topological polar surface area (TPSA) is 68.1 Å². The van der Waals surface area contributed by atoms with Crippen molar-refractivity contribution in [3.63, 3.8) is 0 Å². The number of benzene rings is 1. The van der Waals surface area contributed by atoms with Gasteiger partial charge in [0.15, 0.2) is 0 Å². The van der Waals surface area contributed by atoms with Crippen LogP contribution in [0.1, 0.15) is 5.56 Å². The second-order valence-electron chi connectivity index (χ2n) is 3.98. The quantitative estimate of drug-likeness (QED) is 0.672. The number of nitro groups is 1. The average molecular weight is 318 g/mol. The van der Waals surface area contributed by atoms with Crippen LogP contribution in [-0.2, 0) is 6.18 Å². The van der Waals surface area contributed by atoms with Gasteiger partial charge in [-0.2, -0.15) is 13.2 Å². The molecule has 0 aliphatic heterocycles. The first-order valence-electron chi connectivity index (χ1n) is 5.51. The predicted molar refractivity (Wildman–Crippen MR) is 70.6 cm³/mol. The number of alkyl halides is 3. The molecule has 0 aliphatic rings. The van der Waals surface area contributed by atoms with Gasteiger partial charge in [-0.3, -0.25) is 10.1 Å². The van der Waals surface area contributed by atoms with Crippen LogP contribution in [0.2, 0.25) is 5.02 Å². The summed E-state index contributed by atoms with van der Waals surface area (Å²) in [6, 6.07) is 5.65. The second kappa shape index (κ2) is 5.57. The Labute approximate surface area is 121 Å². The van der Waals surface area contributed by atoms with Crippen molar-refractivity contribution in [3.05, 3.63) is 57.2 Å². The molecule has 110 valence electrons. The molecule has 0 unspecified atom stereocenters. The Hall–Kier alpha value is -2.35. The summed E-state index contributed by atoms with van der Waals surface area (Å²) in [5.74, 6) is 0.0883. The summed E-state index contributed by atoms with van der Waals surface area (Å²) in [6.45, 7) is 0. The standard InChI is InChI=1S/C12H7ClF3N3O2/c13-9-3-2-8(19(20)21)5-10(9)18-11-4-1-7(6-17-11)12(14,15)16/h1-6H,(H,17,18). The van der Waals surface area contributed by atoms with Gasteiger partial charge in [-0.15, -0.1) is 0 Å². The minimum Gasteiger partial charge on any atom is -0.339 e. The van der Waals surface area contributed by atoms with Gasteiger partial charge < -0.3 is 5.32 Å². The van der Waals surface area contributed by atoms with Crippen LogP contribution in [0.15, 0.2) is 36.5 Å². The molecule has 0 aliphatic carbocycles. The van der Waals surface area contributed by atoms with Gasteiger partial charge in [0.2, 0.25) is 0 Å². The fourth-order valence-electron chi connectivity index (χ4n) is 1.50. The van der Waals surface area contributed by atoms with E-state index in [0.717, 1.165) is 12.1 Å². The Morgan fingerprint density at radius 2 is 1.95 bits per heavy atom. The molecule has 0 saturated heterocycles. The van der Waals surface area contributed by atoms with Gasteiger partial charge in [0.05, 0.1) is 21.2 Å². The first-order chi connectivity index (χ1) is 9.77. The van der Waals surface area contributed by atoms with Crippen LogP contribution in [-0.4, -0.2) is 9.91 Å². The van der Waals surface area contributed by atoms with Crippen LogP contribution in [0.5, 0.6) is 0 Å². The first kappa shape index (κ1) is 15.0. The fourth-order valence-corrected chi connectivity index (χ4v) is 1.66. The molecule has 0 atom stereocenters. The van der Waals surface area contributed by atoms with Crippen LogP contribution in [0, 0.1) is 10.1 Å². The molecule has 0 radical (unpaired) electrons. The van der Waals surface area contributed by atoms with Crippen molar-refractivity contribution in [2.24, 2.45) is 0 Å². The molecule has 1 heterocycles. The number of pyridine rings is 1. The van der Waals surface area contributed by atoms with Crippen molar-refractivity contribution < 1.29 is 18.1 Å². The summed E-state index contributed by atoms with van der Waals surface area (Å²) in [4.78, 5) is 13.7. The maximum atomic E-state index is 12.4. The predicted octanol–water partition coefficient (Wildman–Crippen LogP) is 4.41. The highest BCUT2D eigenvalue weighted by Gasteiger charge is 2.30. The van der Waals surface area contributed by atoms with Crippen molar-refractivity contribution in [2.75, 3.05) is 5.32 Å². The summed E-state index contributed by atoms with van der Waals surface area (Å²) in [6.07, 6.45) is -3.82. The fraction of sp³-hybridized carbons (Fsp3) is 0.0833. The molecule has 0 saturated carbocycles. The van der Waals surface area contributed by atoms with Crippen molar-refractivity contribution >= 4 is 28.8 Å². The third-order valence-corrected chi connectivity index (χ3v) is 2.84. The zero-order chi connectivity index (χ0) is 15.6. The number of hydrogen-bond donors (Lipinski definition) is 1. The number of non-ortho nitro benzene ring substituents is 1. The lowest BCUT2D eigenvalue weighted by Crippen LogP contribution is -2.06. The molecule has 5 nitrogen and oxygen atoms in total. The number of nitro benzene ring substituents is 1. The minimum atomic E-state index is -4.48. The van der Waals surface area contributed by atoms with Crippen LogP contribution >= 0.6 is 11.6 Å². The van der Waals surface area contributed by atoms with E-state index in [9.17, 15) is 23.3 Å². The van der Waals surface area contributed by atoms with E-state index in [1.54, 1.807) is 0 Å². The van der Waals surface area contributed by atoms with Gasteiger partial charge in [-0.25, -0.2) is 4.98 Å². The number of nitrogens with one attached hydrogen (secondary N) is 1. The van der Waals surface area contributed by atoms with E-state index in [1.807, 2.05) is 0 Å². The molecule has 1 aromatic heterocycles. The number of anilines is 2. The molecule has 1 N–H and O–H groups in total. The molecule has 0 amide bonds. The Morgan fingerprint density at radius 1 is 1.24 bits per heavy atom. The first-order valence-corrected chi connectivity index (χ1v) is 5.89. The molecule has 21 heavy (non-hydrogen) atoms. The zero-order valence-electron chi connectivity index (χ0n) is 10.2. The average Bonchev–Trinajstić information content (AvgIpc) is 2.40. The minimum absolute atomic E-state index is 0.0883. The van der Waals surface area contributed by atoms with Crippen LogP contribution in [0.4, 0.5) is 30.4 Å². The number of aromatic nitrogens is 1. The third-order valence-electron chi connectivity index (χ3n) is 2.51. The highest BCUT2D eigenvalue weighted by Crippen LogP contribution is 2.31. The number of rotatable bonds is 3. The maximum Gasteiger partial charge on any atom is 0.417 e. The molecule has 0 spiro atoms. The molecule has 2 aromatic rings. The van der Waals surface area contributed by atoms with Crippen molar-refractivity contribution in [2.45, 2.75) is 6.18 Å². The second-order valence-corrected chi connectivity index (χ2v) is 4.38. The molecule has 0 fully saturated rings. The van der Waals surface area contributed by atoms with E-state index in [0.29, 0.717) is 6.20 Å². The Balaban J connectivity index is 2.26. The monoisotopic (exact) mass is 317 g/mol. The van der Waals surface area contributed by atoms with E-state index < -0.39 is 16.7 Å². The maximum absolute atomic E-state index is 12.4. The summed E-state index contributed by atoms with van der Waals surface area (Å²) < 4.78 is 37.2. The highest BCUT2D eigenvalue weighted by atomic mass is 35.5. The summed E-state index contributed by atoms with van der Waals surface area (Å²) in [7, 11) is 0. The van der Waals surface area contributed by atoms with Crippen LogP contribution in [0.3, 0.4) is 0 Å². The number of hydrogen-bond acceptors (Lipinski definition) is 4. The van der Waals surface area contributed by atoms with Gasteiger partial charge >= 0.3 is 6.18 Å². The van der Waals surface area contributed by atoms with Gasteiger partial charge in [0.1, 0.15) is 5.82 Å². The molecule has 1 aromatic carbocycles. The number of halogens is 4. The van der Waals surface area contributed by atoms with Crippen molar-refractivity contribution in [3.8, 4) is 0 Å². The molecule has 9 heteroatoms. The lowest BCUT2D eigenvalue weighted by atomic mass is 10.2. The molecule has 0 bridgehead atoms. The summed E-state index contributed by atoms with van der Waals surface area (Å²) in [5.41, 5.74) is -0.912. The van der Waals surface area contributed by atoms with Crippen molar-refractivity contribution in [1.82, 2.24) is 4.98 Å².